The number of quaternary nitrogens is 1. The summed E-state index contributed by atoms with van der Waals surface area (Å²) in [5.41, 5.74) is 5.70. The average molecular weight is 332 g/mol. The summed E-state index contributed by atoms with van der Waals surface area (Å²) in [5.74, 6) is -0.920. The van der Waals surface area contributed by atoms with Crippen molar-refractivity contribution in [1.82, 2.24) is 10.9 Å². The zero-order chi connectivity index (χ0) is 16.9. The van der Waals surface area contributed by atoms with E-state index in [9.17, 15) is 14.0 Å². The van der Waals surface area contributed by atoms with Gasteiger partial charge in [0.2, 0.25) is 0 Å². The first-order chi connectivity index (χ1) is 11.6. The molecular weight excluding hydrogens is 313 g/mol. The van der Waals surface area contributed by atoms with Gasteiger partial charge in [0.1, 0.15) is 12.4 Å². The molecule has 0 saturated heterocycles. The van der Waals surface area contributed by atoms with E-state index in [1.807, 2.05) is 0 Å². The molecule has 1 unspecified atom stereocenters. The third-order valence-electron chi connectivity index (χ3n) is 3.95. The third-order valence-corrected chi connectivity index (χ3v) is 3.95. The van der Waals surface area contributed by atoms with E-state index in [0.717, 1.165) is 23.3 Å². The Bertz CT molecular complexity index is 696. The van der Waals surface area contributed by atoms with Gasteiger partial charge in [-0.05, 0) is 24.3 Å². The van der Waals surface area contributed by atoms with Crippen LogP contribution in [0.3, 0.4) is 0 Å². The number of carbonyl (C=O) groups is 2. The Labute approximate surface area is 138 Å². The van der Waals surface area contributed by atoms with Crippen LogP contribution in [-0.2, 0) is 11.3 Å². The first-order valence-corrected chi connectivity index (χ1v) is 7.83. The Balaban J connectivity index is 1.50. The summed E-state index contributed by atoms with van der Waals surface area (Å²) < 4.78 is 17.9. The lowest BCUT2D eigenvalue weighted by molar-refractivity contribution is -0.917. The summed E-state index contributed by atoms with van der Waals surface area (Å²) in [5, 5.41) is 0. The number of hydrazine groups is 1. The van der Waals surface area contributed by atoms with Crippen LogP contribution in [0.2, 0.25) is 0 Å². The average Bonchev–Trinajstić information content (AvgIpc) is 3.28. The van der Waals surface area contributed by atoms with Crippen LogP contribution in [0.5, 0.6) is 0 Å². The normalized spacial score (nSPS) is 14.9. The standard InChI is InChI=1S/C17H18FN3O3/c18-13-5-3-12(4-6-13)10-21(14-7-8-14)11-16(22)19-20-17(23)15-2-1-9-24-15/h1-6,9,14H,7-8,10-11H2,(H,19,22)(H,20,23)/p+1. The maximum Gasteiger partial charge on any atom is 0.305 e. The van der Waals surface area contributed by atoms with Crippen molar-refractivity contribution in [3.8, 4) is 0 Å². The molecule has 1 aromatic carbocycles. The Kier molecular flexibility index (Phi) is 4.90. The molecule has 1 saturated carbocycles. The highest BCUT2D eigenvalue weighted by atomic mass is 19.1. The van der Waals surface area contributed by atoms with Crippen LogP contribution in [0.1, 0.15) is 29.0 Å². The minimum Gasteiger partial charge on any atom is -0.459 e. The summed E-state index contributed by atoms with van der Waals surface area (Å²) >= 11 is 0. The van der Waals surface area contributed by atoms with Gasteiger partial charge in [-0.25, -0.2) is 4.39 Å². The fourth-order valence-corrected chi connectivity index (χ4v) is 2.55. The van der Waals surface area contributed by atoms with Gasteiger partial charge in [-0.3, -0.25) is 20.4 Å². The molecule has 0 bridgehead atoms. The van der Waals surface area contributed by atoms with E-state index in [2.05, 4.69) is 10.9 Å². The Morgan fingerprint density at radius 3 is 2.54 bits per heavy atom. The maximum absolute atomic E-state index is 13.0. The largest absolute Gasteiger partial charge is 0.459 e. The smallest absolute Gasteiger partial charge is 0.305 e. The Morgan fingerprint density at radius 1 is 1.17 bits per heavy atom. The number of hydrogen-bond acceptors (Lipinski definition) is 3. The number of halogens is 1. The Hall–Kier alpha value is -2.67. The van der Waals surface area contributed by atoms with Gasteiger partial charge in [0.25, 0.3) is 5.91 Å². The van der Waals surface area contributed by atoms with E-state index in [1.54, 1.807) is 18.2 Å². The lowest BCUT2D eigenvalue weighted by atomic mass is 10.2. The first-order valence-electron chi connectivity index (χ1n) is 7.83. The number of rotatable bonds is 6. The molecule has 0 radical (unpaired) electrons. The fourth-order valence-electron chi connectivity index (χ4n) is 2.55. The minimum absolute atomic E-state index is 0.132. The van der Waals surface area contributed by atoms with Crippen LogP contribution >= 0.6 is 0 Å². The van der Waals surface area contributed by atoms with Crippen molar-refractivity contribution < 1.29 is 23.3 Å². The summed E-state index contributed by atoms with van der Waals surface area (Å²) in [6.07, 6.45) is 3.53. The molecule has 1 aliphatic carbocycles. The van der Waals surface area contributed by atoms with E-state index in [-0.39, 0.29) is 24.0 Å². The molecule has 1 heterocycles. The minimum atomic E-state index is -0.500. The first kappa shape index (κ1) is 16.2. The molecule has 126 valence electrons. The van der Waals surface area contributed by atoms with E-state index in [0.29, 0.717) is 12.6 Å². The summed E-state index contributed by atoms with van der Waals surface area (Å²) in [6, 6.07) is 9.84. The molecule has 3 N–H and O–H groups in total. The maximum atomic E-state index is 13.0. The van der Waals surface area contributed by atoms with Gasteiger partial charge in [-0.2, -0.15) is 0 Å². The zero-order valence-electron chi connectivity index (χ0n) is 13.0. The number of nitrogens with one attached hydrogen (secondary N) is 3. The second kappa shape index (κ2) is 7.27. The van der Waals surface area contributed by atoms with Crippen LogP contribution in [0.25, 0.3) is 0 Å². The topological polar surface area (TPSA) is 75.8 Å². The van der Waals surface area contributed by atoms with Crippen LogP contribution in [-0.4, -0.2) is 24.4 Å². The molecule has 0 aliphatic heterocycles. The highest BCUT2D eigenvalue weighted by Crippen LogP contribution is 2.15. The number of carbonyl (C=O) groups excluding carboxylic acids is 2. The molecule has 1 aromatic heterocycles. The molecular formula is C17H19FN3O3+. The molecule has 24 heavy (non-hydrogen) atoms. The van der Waals surface area contributed by atoms with Gasteiger partial charge in [-0.15, -0.1) is 0 Å². The number of amides is 2. The van der Waals surface area contributed by atoms with Crippen molar-refractivity contribution in [1.29, 1.82) is 0 Å². The quantitative estimate of drug-likeness (QED) is 0.672. The summed E-state index contributed by atoms with van der Waals surface area (Å²) in [7, 11) is 0. The lowest BCUT2D eigenvalue weighted by Gasteiger charge is -2.19. The van der Waals surface area contributed by atoms with Gasteiger partial charge in [-0.1, -0.05) is 12.1 Å². The van der Waals surface area contributed by atoms with Gasteiger partial charge in [0, 0.05) is 18.4 Å². The molecule has 6 nitrogen and oxygen atoms in total. The molecule has 3 rings (SSSR count). The third kappa shape index (κ3) is 4.42. The summed E-state index contributed by atoms with van der Waals surface area (Å²) in [4.78, 5) is 24.9. The molecule has 2 amide bonds. The van der Waals surface area contributed by atoms with Crippen molar-refractivity contribution in [2.75, 3.05) is 6.54 Å². The van der Waals surface area contributed by atoms with Crippen molar-refractivity contribution in [3.63, 3.8) is 0 Å². The lowest BCUT2D eigenvalue weighted by Crippen LogP contribution is -3.13. The predicted octanol–water partition coefficient (Wildman–Crippen LogP) is 0.427. The van der Waals surface area contributed by atoms with E-state index in [4.69, 9.17) is 4.42 Å². The fraction of sp³-hybridized carbons (Fsp3) is 0.294. The van der Waals surface area contributed by atoms with Crippen molar-refractivity contribution in [3.05, 3.63) is 59.8 Å². The number of hydrogen-bond donors (Lipinski definition) is 3. The molecule has 1 fully saturated rings. The zero-order valence-corrected chi connectivity index (χ0v) is 13.0. The van der Waals surface area contributed by atoms with Crippen LogP contribution in [0, 0.1) is 5.82 Å². The van der Waals surface area contributed by atoms with Gasteiger partial charge >= 0.3 is 5.91 Å². The van der Waals surface area contributed by atoms with Gasteiger partial charge < -0.3 is 9.32 Å². The number of benzene rings is 1. The van der Waals surface area contributed by atoms with Crippen LogP contribution < -0.4 is 15.8 Å². The van der Waals surface area contributed by atoms with E-state index >= 15 is 0 Å². The second-order valence-corrected chi connectivity index (χ2v) is 5.89. The SMILES string of the molecule is O=C(C[NH+](Cc1ccc(F)cc1)C1CC1)NNC(=O)c1ccco1. The highest BCUT2D eigenvalue weighted by Gasteiger charge is 2.34. The molecule has 7 heteroatoms. The van der Waals surface area contributed by atoms with Crippen LogP contribution in [0.15, 0.2) is 47.1 Å². The van der Waals surface area contributed by atoms with Crippen molar-refractivity contribution in [2.45, 2.75) is 25.4 Å². The predicted molar refractivity (Wildman–Crippen MR) is 83.3 cm³/mol. The van der Waals surface area contributed by atoms with Crippen molar-refractivity contribution >= 4 is 11.8 Å². The van der Waals surface area contributed by atoms with Gasteiger partial charge in [0.05, 0.1) is 12.3 Å². The van der Waals surface area contributed by atoms with E-state index in [1.165, 1.54) is 24.5 Å². The van der Waals surface area contributed by atoms with Crippen LogP contribution in [0.4, 0.5) is 4.39 Å². The van der Waals surface area contributed by atoms with Gasteiger partial charge in [0.15, 0.2) is 12.3 Å². The number of furan rings is 1. The molecule has 0 spiro atoms. The Morgan fingerprint density at radius 2 is 1.92 bits per heavy atom. The molecule has 1 atom stereocenters. The monoisotopic (exact) mass is 332 g/mol. The molecule has 1 aliphatic rings. The van der Waals surface area contributed by atoms with Crippen molar-refractivity contribution in [2.24, 2.45) is 0 Å². The summed E-state index contributed by atoms with van der Waals surface area (Å²) in [6.45, 7) is 0.880. The molecule has 2 aromatic rings. The van der Waals surface area contributed by atoms with E-state index < -0.39 is 5.91 Å². The highest BCUT2D eigenvalue weighted by molar-refractivity contribution is 5.92. The second-order valence-electron chi connectivity index (χ2n) is 5.89.